The van der Waals surface area contributed by atoms with Gasteiger partial charge >= 0.3 is 6.09 Å². The maximum absolute atomic E-state index is 11.8. The number of hydrogen-bond acceptors (Lipinski definition) is 4. The zero-order valence-corrected chi connectivity index (χ0v) is 11.4. The summed E-state index contributed by atoms with van der Waals surface area (Å²) >= 11 is 0. The molecule has 2 aliphatic rings. The first-order valence-electron chi connectivity index (χ1n) is 6.19. The number of rotatable bonds is 3. The molecule has 19 heavy (non-hydrogen) atoms. The van der Waals surface area contributed by atoms with E-state index in [9.17, 15) is 4.79 Å². The van der Waals surface area contributed by atoms with Crippen LogP contribution in [0, 0.1) is 5.92 Å². The van der Waals surface area contributed by atoms with Crippen molar-refractivity contribution in [3.8, 4) is 0 Å². The van der Waals surface area contributed by atoms with E-state index in [2.05, 4.69) is 16.6 Å². The molecule has 2 fully saturated rings. The number of ether oxygens (including phenoxy) is 1. The van der Waals surface area contributed by atoms with Crippen molar-refractivity contribution >= 4 is 6.09 Å². The van der Waals surface area contributed by atoms with Gasteiger partial charge in [-0.05, 0) is 38.1 Å². The van der Waals surface area contributed by atoms with Crippen molar-refractivity contribution in [3.05, 3.63) is 22.6 Å². The number of carbonyl (C=O) groups is 1. The van der Waals surface area contributed by atoms with Crippen LogP contribution in [-0.4, -0.2) is 36.0 Å². The number of hydroxylamine groups is 2. The van der Waals surface area contributed by atoms with Gasteiger partial charge in [0.2, 0.25) is 0 Å². The fourth-order valence-corrected chi connectivity index (χ4v) is 3.02. The maximum Gasteiger partial charge on any atom is 0.434 e. The quantitative estimate of drug-likeness (QED) is 0.340. The molecule has 0 aromatic rings. The highest BCUT2D eigenvalue weighted by Crippen LogP contribution is 2.46. The number of carbonyl (C=O) groups excluding carboxylic acids is 1. The molecule has 0 radical (unpaired) electrons. The summed E-state index contributed by atoms with van der Waals surface area (Å²) in [6, 6.07) is -0.399. The van der Waals surface area contributed by atoms with E-state index in [0.717, 1.165) is 5.57 Å². The number of fused-ring (bicyclic) bond motifs is 1. The number of allylic oxidation sites excluding steroid dienone is 1. The van der Waals surface area contributed by atoms with Crippen molar-refractivity contribution in [2.75, 3.05) is 7.11 Å². The third kappa shape index (κ3) is 1.95. The third-order valence-corrected chi connectivity index (χ3v) is 4.25. The molecule has 1 amide bonds. The van der Waals surface area contributed by atoms with E-state index in [4.69, 9.17) is 15.1 Å². The standard InChI is InChI=1S/C12H18N4O3/c1-7(2)8-5-9(14-15-13)12(3)10(6-8)19-11(17)16(12)18-4/h8-10H,1,5-6H2,2-4H3/t8-,9-,10-,12+/m1/s1. The number of nitrogens with zero attached hydrogens (tertiary/aromatic N) is 4. The lowest BCUT2D eigenvalue weighted by Crippen LogP contribution is -2.59. The fourth-order valence-electron chi connectivity index (χ4n) is 3.02. The lowest BCUT2D eigenvalue weighted by molar-refractivity contribution is -0.155. The van der Waals surface area contributed by atoms with Gasteiger partial charge in [0.1, 0.15) is 11.6 Å². The summed E-state index contributed by atoms with van der Waals surface area (Å²) in [5.41, 5.74) is 9.00. The number of amides is 1. The van der Waals surface area contributed by atoms with E-state index in [1.807, 2.05) is 13.8 Å². The summed E-state index contributed by atoms with van der Waals surface area (Å²) in [7, 11) is 1.41. The van der Waals surface area contributed by atoms with Crippen LogP contribution in [0.4, 0.5) is 4.79 Å². The minimum atomic E-state index is -0.760. The van der Waals surface area contributed by atoms with Gasteiger partial charge in [-0.2, -0.15) is 5.06 Å². The van der Waals surface area contributed by atoms with Crippen LogP contribution in [0.3, 0.4) is 0 Å². The second-order valence-corrected chi connectivity index (χ2v) is 5.31. The van der Waals surface area contributed by atoms with Crippen LogP contribution >= 0.6 is 0 Å². The Hall–Kier alpha value is -1.72. The van der Waals surface area contributed by atoms with Gasteiger partial charge < -0.3 is 4.74 Å². The molecule has 1 saturated carbocycles. The zero-order chi connectivity index (χ0) is 14.2. The molecule has 2 rings (SSSR count). The Morgan fingerprint density at radius 3 is 2.89 bits per heavy atom. The SMILES string of the molecule is C=C(C)[C@@H]1C[C@@H](N=[N+]=[N-])[C@@]2(C)[C@@H](C1)OC(=O)N2OC. The molecule has 1 heterocycles. The number of hydrogen-bond donors (Lipinski definition) is 0. The molecule has 0 N–H and O–H groups in total. The molecule has 104 valence electrons. The Bertz CT molecular complexity index is 460. The third-order valence-electron chi connectivity index (χ3n) is 4.25. The van der Waals surface area contributed by atoms with Crippen molar-refractivity contribution in [3.63, 3.8) is 0 Å². The highest BCUT2D eigenvalue weighted by Gasteiger charge is 2.60. The predicted molar refractivity (Wildman–Crippen MR) is 68.0 cm³/mol. The van der Waals surface area contributed by atoms with E-state index >= 15 is 0 Å². The van der Waals surface area contributed by atoms with E-state index in [1.54, 1.807) is 0 Å². The van der Waals surface area contributed by atoms with Crippen molar-refractivity contribution in [1.29, 1.82) is 0 Å². The largest absolute Gasteiger partial charge is 0.442 e. The summed E-state index contributed by atoms with van der Waals surface area (Å²) in [6.45, 7) is 7.72. The lowest BCUT2D eigenvalue weighted by Gasteiger charge is -2.44. The van der Waals surface area contributed by atoms with Gasteiger partial charge in [0.25, 0.3) is 0 Å². The second-order valence-electron chi connectivity index (χ2n) is 5.31. The van der Waals surface area contributed by atoms with Crippen LogP contribution < -0.4 is 0 Å². The summed E-state index contributed by atoms with van der Waals surface area (Å²) < 4.78 is 5.37. The summed E-state index contributed by atoms with van der Waals surface area (Å²) in [6.07, 6.45) is 0.430. The van der Waals surface area contributed by atoms with Gasteiger partial charge in [-0.3, -0.25) is 4.84 Å². The van der Waals surface area contributed by atoms with Crippen LogP contribution in [0.1, 0.15) is 26.7 Å². The van der Waals surface area contributed by atoms with Gasteiger partial charge in [-0.1, -0.05) is 17.3 Å². The normalized spacial score (nSPS) is 37.3. The average Bonchev–Trinajstić information content (AvgIpc) is 2.60. The molecule has 7 nitrogen and oxygen atoms in total. The Morgan fingerprint density at radius 2 is 2.37 bits per heavy atom. The van der Waals surface area contributed by atoms with E-state index in [1.165, 1.54) is 12.2 Å². The molecule has 1 aliphatic carbocycles. The lowest BCUT2D eigenvalue weighted by atomic mass is 9.70. The smallest absolute Gasteiger partial charge is 0.434 e. The maximum atomic E-state index is 11.8. The average molecular weight is 266 g/mol. The second kappa shape index (κ2) is 4.75. The summed E-state index contributed by atoms with van der Waals surface area (Å²) in [5, 5.41) is 5.04. The van der Waals surface area contributed by atoms with Gasteiger partial charge in [0.05, 0.1) is 13.2 Å². The topological polar surface area (TPSA) is 87.5 Å². The van der Waals surface area contributed by atoms with Crippen molar-refractivity contribution in [2.45, 2.75) is 44.4 Å². The van der Waals surface area contributed by atoms with Gasteiger partial charge in [0, 0.05) is 4.91 Å². The highest BCUT2D eigenvalue weighted by molar-refractivity contribution is 5.71. The summed E-state index contributed by atoms with van der Waals surface area (Å²) in [4.78, 5) is 19.8. The van der Waals surface area contributed by atoms with Crippen LogP contribution in [-0.2, 0) is 9.57 Å². The van der Waals surface area contributed by atoms with Crippen molar-refractivity contribution < 1.29 is 14.4 Å². The molecule has 0 bridgehead atoms. The van der Waals surface area contributed by atoms with E-state index in [0.29, 0.717) is 12.8 Å². The van der Waals surface area contributed by atoms with Crippen molar-refractivity contribution in [2.24, 2.45) is 11.0 Å². The minimum Gasteiger partial charge on any atom is -0.442 e. The molecule has 0 aromatic heterocycles. The van der Waals surface area contributed by atoms with Gasteiger partial charge in [-0.25, -0.2) is 4.79 Å². The molecule has 0 spiro atoms. The first kappa shape index (κ1) is 13.7. The van der Waals surface area contributed by atoms with E-state index in [-0.39, 0.29) is 12.0 Å². The Labute approximate surface area is 111 Å². The monoisotopic (exact) mass is 266 g/mol. The highest BCUT2D eigenvalue weighted by atomic mass is 16.7. The van der Waals surface area contributed by atoms with E-state index < -0.39 is 17.7 Å². The molecule has 1 aliphatic heterocycles. The fraction of sp³-hybridized carbons (Fsp3) is 0.750. The molecular formula is C12H18N4O3. The Morgan fingerprint density at radius 1 is 1.68 bits per heavy atom. The van der Waals surface area contributed by atoms with Crippen molar-refractivity contribution in [1.82, 2.24) is 5.06 Å². The number of azide groups is 1. The van der Waals surface area contributed by atoms with Gasteiger partial charge in [0.15, 0.2) is 0 Å². The van der Waals surface area contributed by atoms with Gasteiger partial charge in [-0.15, -0.1) is 0 Å². The first-order valence-corrected chi connectivity index (χ1v) is 6.19. The Balaban J connectivity index is 2.40. The minimum absolute atomic E-state index is 0.179. The summed E-state index contributed by atoms with van der Waals surface area (Å²) in [5.74, 6) is 0.179. The molecular weight excluding hydrogens is 248 g/mol. The van der Waals surface area contributed by atoms with Crippen LogP contribution in [0.25, 0.3) is 10.4 Å². The molecule has 7 heteroatoms. The van der Waals surface area contributed by atoms with Crippen LogP contribution in [0.5, 0.6) is 0 Å². The predicted octanol–water partition coefficient (Wildman–Crippen LogP) is 2.79. The molecule has 0 aromatic carbocycles. The molecule has 0 unspecified atom stereocenters. The Kier molecular flexibility index (Phi) is 3.43. The molecule has 4 atom stereocenters. The molecule has 1 saturated heterocycles. The first-order chi connectivity index (χ1) is 8.94. The van der Waals surface area contributed by atoms with Crippen LogP contribution in [0.2, 0.25) is 0 Å². The zero-order valence-electron chi connectivity index (χ0n) is 11.4. The van der Waals surface area contributed by atoms with Crippen LogP contribution in [0.15, 0.2) is 17.3 Å².